The third kappa shape index (κ3) is 4.06. The molecule has 4 aromatic carbocycles. The average Bonchev–Trinajstić information content (AvgIpc) is 3.35. The van der Waals surface area contributed by atoms with Crippen molar-refractivity contribution < 1.29 is 4.42 Å². The summed E-state index contributed by atoms with van der Waals surface area (Å²) in [6.07, 6.45) is 6.25. The van der Waals surface area contributed by atoms with Crippen LogP contribution in [0, 0.1) is 0 Å². The van der Waals surface area contributed by atoms with Crippen molar-refractivity contribution in [2.24, 2.45) is 9.98 Å². The number of furan rings is 1. The molecule has 0 saturated carbocycles. The second-order valence-electron chi connectivity index (χ2n) is 10.7. The average molecular weight is 519 g/mol. The molecule has 1 aromatic heterocycles. The number of allylic oxidation sites excluding steroid dienone is 2. The minimum absolute atomic E-state index is 0.0677. The minimum Gasteiger partial charge on any atom is -0.456 e. The van der Waals surface area contributed by atoms with Crippen LogP contribution in [0.25, 0.3) is 33.1 Å². The first-order valence-corrected chi connectivity index (χ1v) is 13.9. The van der Waals surface area contributed by atoms with E-state index in [1.807, 2.05) is 18.2 Å². The number of aryl methyl sites for hydroxylation is 1. The molecular formula is C37H30N2O. The molecule has 5 aromatic rings. The maximum absolute atomic E-state index is 6.47. The molecule has 2 aliphatic rings. The van der Waals surface area contributed by atoms with Gasteiger partial charge in [0.05, 0.1) is 17.5 Å². The number of nitrogens with zero attached hydrogens (tertiary/aromatic N) is 2. The van der Waals surface area contributed by atoms with Gasteiger partial charge in [-0.3, -0.25) is 9.98 Å². The number of benzene rings is 4. The van der Waals surface area contributed by atoms with Crippen molar-refractivity contribution in [2.75, 3.05) is 0 Å². The molecule has 2 aliphatic heterocycles. The Balaban J connectivity index is 1.36. The van der Waals surface area contributed by atoms with Crippen LogP contribution in [0.2, 0.25) is 0 Å². The Hall–Kier alpha value is -4.76. The molecule has 0 amide bonds. The molecule has 3 heterocycles. The largest absolute Gasteiger partial charge is 0.456 e. The highest BCUT2D eigenvalue weighted by atomic mass is 16.3. The van der Waals surface area contributed by atoms with Gasteiger partial charge >= 0.3 is 0 Å². The molecule has 2 unspecified atom stereocenters. The molecule has 2 atom stereocenters. The van der Waals surface area contributed by atoms with Crippen molar-refractivity contribution in [2.45, 2.75) is 31.2 Å². The molecule has 40 heavy (non-hydrogen) atoms. The van der Waals surface area contributed by atoms with Gasteiger partial charge in [0.1, 0.15) is 11.2 Å². The van der Waals surface area contributed by atoms with Crippen molar-refractivity contribution in [1.82, 2.24) is 0 Å². The highest BCUT2D eigenvalue weighted by Crippen LogP contribution is 2.40. The minimum atomic E-state index is 0.0677. The van der Waals surface area contributed by atoms with Crippen molar-refractivity contribution in [3.05, 3.63) is 145 Å². The second-order valence-corrected chi connectivity index (χ2v) is 10.7. The quantitative estimate of drug-likeness (QED) is 0.235. The van der Waals surface area contributed by atoms with Crippen LogP contribution in [0.4, 0.5) is 0 Å². The molecule has 0 aliphatic carbocycles. The number of hydrogen-bond acceptors (Lipinski definition) is 3. The Morgan fingerprint density at radius 3 is 2.35 bits per heavy atom. The fourth-order valence-electron chi connectivity index (χ4n) is 6.40. The van der Waals surface area contributed by atoms with E-state index in [1.165, 1.54) is 22.3 Å². The van der Waals surface area contributed by atoms with Gasteiger partial charge in [0.25, 0.3) is 0 Å². The fourth-order valence-corrected chi connectivity index (χ4v) is 6.40. The van der Waals surface area contributed by atoms with Gasteiger partial charge in [-0.15, -0.1) is 0 Å². The first-order chi connectivity index (χ1) is 19.6. The van der Waals surface area contributed by atoms with Crippen LogP contribution in [0.1, 0.15) is 41.0 Å². The molecule has 0 spiro atoms. The van der Waals surface area contributed by atoms with Gasteiger partial charge in [-0.05, 0) is 71.5 Å². The van der Waals surface area contributed by atoms with Gasteiger partial charge in [0.15, 0.2) is 0 Å². The van der Waals surface area contributed by atoms with Crippen molar-refractivity contribution >= 4 is 33.4 Å². The molecule has 0 bridgehead atoms. The summed E-state index contributed by atoms with van der Waals surface area (Å²) in [6, 6.07) is 30.0. The number of aliphatic imine (C=N–C) groups is 2. The van der Waals surface area contributed by atoms with Crippen LogP contribution in [-0.2, 0) is 6.42 Å². The zero-order chi connectivity index (χ0) is 27.2. The molecule has 0 N–H and O–H groups in total. The Morgan fingerprint density at radius 1 is 0.750 bits per heavy atom. The molecule has 0 saturated heterocycles. The summed E-state index contributed by atoms with van der Waals surface area (Å²) in [5.74, 6) is 0.268. The normalized spacial score (nSPS) is 20.1. The van der Waals surface area contributed by atoms with Gasteiger partial charge in [0.2, 0.25) is 0 Å². The fraction of sp³-hybridized carbons (Fsp3) is 0.135. The van der Waals surface area contributed by atoms with Crippen molar-refractivity contribution in [1.29, 1.82) is 0 Å². The first kappa shape index (κ1) is 24.3. The third-order valence-electron chi connectivity index (χ3n) is 8.32. The van der Waals surface area contributed by atoms with Crippen LogP contribution in [-0.4, -0.2) is 17.5 Å². The van der Waals surface area contributed by atoms with Gasteiger partial charge in [0, 0.05) is 39.9 Å². The number of hydrogen-bond donors (Lipinski definition) is 0. The van der Waals surface area contributed by atoms with Gasteiger partial charge in [-0.1, -0.05) is 80.4 Å². The molecular weight excluding hydrogens is 488 g/mol. The lowest BCUT2D eigenvalue weighted by Crippen LogP contribution is -2.27. The summed E-state index contributed by atoms with van der Waals surface area (Å²) in [5, 5.41) is 2.19. The molecule has 194 valence electrons. The summed E-state index contributed by atoms with van der Waals surface area (Å²) >= 11 is 0. The molecule has 3 heteroatoms. The summed E-state index contributed by atoms with van der Waals surface area (Å²) in [4.78, 5) is 10.1. The lowest BCUT2D eigenvalue weighted by molar-refractivity contribution is 0.490. The van der Waals surface area contributed by atoms with Crippen LogP contribution in [0.5, 0.6) is 0 Å². The van der Waals surface area contributed by atoms with Crippen LogP contribution in [0.15, 0.2) is 137 Å². The Bertz CT molecular complexity index is 1890. The van der Waals surface area contributed by atoms with E-state index in [0.29, 0.717) is 6.42 Å². The topological polar surface area (TPSA) is 37.9 Å². The summed E-state index contributed by atoms with van der Waals surface area (Å²) in [5.41, 5.74) is 11.5. The highest BCUT2D eigenvalue weighted by molar-refractivity contribution is 6.15. The summed E-state index contributed by atoms with van der Waals surface area (Å²) < 4.78 is 6.47. The molecule has 3 nitrogen and oxygen atoms in total. The van der Waals surface area contributed by atoms with E-state index in [4.69, 9.17) is 14.4 Å². The second kappa shape index (κ2) is 9.77. The van der Waals surface area contributed by atoms with E-state index < -0.39 is 0 Å². The number of fused-ring (bicyclic) bond motifs is 7. The van der Waals surface area contributed by atoms with Crippen LogP contribution < -0.4 is 0 Å². The zero-order valence-electron chi connectivity index (χ0n) is 22.4. The van der Waals surface area contributed by atoms with E-state index in [1.54, 1.807) is 0 Å². The smallest absolute Gasteiger partial charge is 0.136 e. The van der Waals surface area contributed by atoms with E-state index in [2.05, 4.69) is 98.6 Å². The van der Waals surface area contributed by atoms with E-state index in [-0.39, 0.29) is 12.0 Å². The highest BCUT2D eigenvalue weighted by Gasteiger charge is 2.31. The third-order valence-corrected chi connectivity index (χ3v) is 8.32. The lowest BCUT2D eigenvalue weighted by Gasteiger charge is -2.32. The van der Waals surface area contributed by atoms with Crippen LogP contribution >= 0.6 is 0 Å². The standard InChI is InChI=1S/C37H30N2O/c1-4-33-28-14-10-9-13-27(28)29-17-16-26-21-37-32(22-31(26)34(5-2)38-23(3)19-35(29)39-33)30-18-15-25(20-36(30)40-37)24-11-7-6-8-12-24/h4-15,18,20-22,29,35H,1-3,16-17,19H2/b38-34-. The summed E-state index contributed by atoms with van der Waals surface area (Å²) in [6.45, 7) is 12.5. The monoisotopic (exact) mass is 518 g/mol. The maximum atomic E-state index is 6.47. The Kier molecular flexibility index (Phi) is 5.93. The molecule has 7 rings (SSSR count). The van der Waals surface area contributed by atoms with E-state index in [0.717, 1.165) is 63.0 Å². The van der Waals surface area contributed by atoms with Gasteiger partial charge < -0.3 is 4.42 Å². The molecule has 0 radical (unpaired) electrons. The van der Waals surface area contributed by atoms with Gasteiger partial charge in [-0.2, -0.15) is 0 Å². The Labute approximate surface area is 234 Å². The first-order valence-electron chi connectivity index (χ1n) is 13.9. The number of rotatable bonds is 3. The van der Waals surface area contributed by atoms with E-state index in [9.17, 15) is 0 Å². The summed E-state index contributed by atoms with van der Waals surface area (Å²) in [7, 11) is 0. The predicted octanol–water partition coefficient (Wildman–Crippen LogP) is 9.22. The SMILES string of the molecule is C=CC1=NC2CC(=C)/N=C(/C=C)c3cc4c(cc3CCC2c2ccccc21)oc1cc(-c2ccccc2)ccc14. The Morgan fingerprint density at radius 2 is 1.52 bits per heavy atom. The van der Waals surface area contributed by atoms with Crippen molar-refractivity contribution in [3.8, 4) is 11.1 Å². The van der Waals surface area contributed by atoms with Crippen LogP contribution in [0.3, 0.4) is 0 Å². The maximum Gasteiger partial charge on any atom is 0.136 e. The predicted molar refractivity (Wildman–Crippen MR) is 168 cm³/mol. The van der Waals surface area contributed by atoms with Gasteiger partial charge in [-0.25, -0.2) is 0 Å². The van der Waals surface area contributed by atoms with E-state index >= 15 is 0 Å². The van der Waals surface area contributed by atoms with Crippen molar-refractivity contribution in [3.63, 3.8) is 0 Å². The molecule has 0 fully saturated rings. The zero-order valence-corrected chi connectivity index (χ0v) is 22.4. The lowest BCUT2D eigenvalue weighted by atomic mass is 9.78.